The van der Waals surface area contributed by atoms with Gasteiger partial charge in [0, 0.05) is 12.6 Å². The highest BCUT2D eigenvalue weighted by molar-refractivity contribution is 5.10. The Kier molecular flexibility index (Phi) is 7.49. The van der Waals surface area contributed by atoms with Crippen molar-refractivity contribution in [2.24, 2.45) is 52.3 Å². The molecular formula is C29H53NO. The molecule has 180 valence electrons. The summed E-state index contributed by atoms with van der Waals surface area (Å²) in [5.74, 6) is 6.68. The molecule has 2 nitrogen and oxygen atoms in total. The summed E-state index contributed by atoms with van der Waals surface area (Å²) in [4.78, 5) is 0. The lowest BCUT2D eigenvalue weighted by molar-refractivity contribution is -0.118. The molecule has 0 amide bonds. The first-order chi connectivity index (χ1) is 14.8. The van der Waals surface area contributed by atoms with E-state index in [1.165, 1.54) is 77.0 Å². The highest BCUT2D eigenvalue weighted by atomic mass is 16.3. The molecule has 4 fully saturated rings. The summed E-state index contributed by atoms with van der Waals surface area (Å²) in [5, 5.41) is 12.8. The minimum atomic E-state index is 0.278. The van der Waals surface area contributed by atoms with E-state index in [-0.39, 0.29) is 6.61 Å². The molecule has 4 aliphatic rings. The molecule has 2 N–H and O–H groups in total. The SMILES string of the molecule is CC(C)CCC[C@@H](C)[C@H]1CC[C@H]2[C@@H]3CC[C@H]4C[C@@H](NCCO)CC[C@]4(C)[C@H]3CC[C@]12C. The molecule has 0 aromatic heterocycles. The van der Waals surface area contributed by atoms with Gasteiger partial charge in [0.2, 0.25) is 0 Å². The Morgan fingerprint density at radius 2 is 1.61 bits per heavy atom. The fourth-order valence-electron chi connectivity index (χ4n) is 9.74. The smallest absolute Gasteiger partial charge is 0.0556 e. The third kappa shape index (κ3) is 4.51. The van der Waals surface area contributed by atoms with Crippen molar-refractivity contribution in [3.8, 4) is 0 Å². The van der Waals surface area contributed by atoms with Gasteiger partial charge in [-0.25, -0.2) is 0 Å². The van der Waals surface area contributed by atoms with E-state index in [2.05, 4.69) is 39.9 Å². The second-order valence-electron chi connectivity index (χ2n) is 13.3. The van der Waals surface area contributed by atoms with Crippen molar-refractivity contribution in [1.29, 1.82) is 0 Å². The van der Waals surface area contributed by atoms with E-state index in [4.69, 9.17) is 0 Å². The van der Waals surface area contributed by atoms with E-state index in [1.807, 2.05) is 0 Å². The summed E-state index contributed by atoms with van der Waals surface area (Å²) in [6.45, 7) is 13.8. The van der Waals surface area contributed by atoms with E-state index >= 15 is 0 Å². The summed E-state index contributed by atoms with van der Waals surface area (Å²) < 4.78 is 0. The summed E-state index contributed by atoms with van der Waals surface area (Å²) >= 11 is 0. The number of hydrogen-bond acceptors (Lipinski definition) is 2. The fraction of sp³-hybridized carbons (Fsp3) is 1.00. The topological polar surface area (TPSA) is 32.3 Å². The van der Waals surface area contributed by atoms with Crippen LogP contribution in [0.4, 0.5) is 0 Å². The molecule has 0 radical (unpaired) electrons. The van der Waals surface area contributed by atoms with Crippen molar-refractivity contribution in [2.45, 2.75) is 118 Å². The largest absolute Gasteiger partial charge is 0.395 e. The third-order valence-electron chi connectivity index (χ3n) is 11.4. The first-order valence-electron chi connectivity index (χ1n) is 14.1. The number of fused-ring (bicyclic) bond motifs is 5. The number of nitrogens with one attached hydrogen (secondary N) is 1. The van der Waals surface area contributed by atoms with Gasteiger partial charge in [-0.3, -0.25) is 0 Å². The minimum absolute atomic E-state index is 0.278. The average molecular weight is 432 g/mol. The number of rotatable bonds is 8. The third-order valence-corrected chi connectivity index (χ3v) is 11.4. The first kappa shape index (κ1) is 24.1. The molecule has 4 saturated carbocycles. The van der Waals surface area contributed by atoms with Gasteiger partial charge < -0.3 is 10.4 Å². The van der Waals surface area contributed by atoms with Crippen molar-refractivity contribution in [1.82, 2.24) is 5.32 Å². The summed E-state index contributed by atoms with van der Waals surface area (Å²) in [6, 6.07) is 0.651. The van der Waals surface area contributed by atoms with Crippen LogP contribution < -0.4 is 5.32 Å². The maximum Gasteiger partial charge on any atom is 0.0556 e. The van der Waals surface area contributed by atoms with Crippen LogP contribution in [-0.4, -0.2) is 24.3 Å². The Bertz CT molecular complexity index is 589. The van der Waals surface area contributed by atoms with E-state index < -0.39 is 0 Å². The number of hydrogen-bond donors (Lipinski definition) is 2. The van der Waals surface area contributed by atoms with Gasteiger partial charge in [-0.05, 0) is 110 Å². The van der Waals surface area contributed by atoms with Gasteiger partial charge in [-0.15, -0.1) is 0 Å². The molecule has 0 heterocycles. The molecule has 31 heavy (non-hydrogen) atoms. The van der Waals surface area contributed by atoms with Gasteiger partial charge in [-0.1, -0.05) is 53.9 Å². The van der Waals surface area contributed by atoms with Gasteiger partial charge >= 0.3 is 0 Å². The van der Waals surface area contributed by atoms with Gasteiger partial charge in [0.05, 0.1) is 6.61 Å². The van der Waals surface area contributed by atoms with Crippen molar-refractivity contribution in [3.63, 3.8) is 0 Å². The predicted octanol–water partition coefficient (Wildman–Crippen LogP) is 7.06. The average Bonchev–Trinajstić information content (AvgIpc) is 3.09. The highest BCUT2D eigenvalue weighted by Gasteiger charge is 2.60. The van der Waals surface area contributed by atoms with Gasteiger partial charge in [0.15, 0.2) is 0 Å². The standard InChI is InChI=1S/C29H53NO/c1-20(2)7-6-8-21(3)25-11-12-26-24-10-9-22-19-23(30-17-18-31)13-15-28(22,4)27(24)14-16-29(25,26)5/h20-27,30-31H,6-19H2,1-5H3/t21-,22+,23+,24+,25-,26+,27+,28+,29-/m1/s1. The highest BCUT2D eigenvalue weighted by Crippen LogP contribution is 2.68. The Hall–Kier alpha value is -0.0800. The zero-order valence-corrected chi connectivity index (χ0v) is 21.5. The zero-order valence-electron chi connectivity index (χ0n) is 21.5. The van der Waals surface area contributed by atoms with Gasteiger partial charge in [-0.2, -0.15) is 0 Å². The number of aliphatic hydroxyl groups is 1. The molecule has 2 heteroatoms. The van der Waals surface area contributed by atoms with Crippen LogP contribution in [0.15, 0.2) is 0 Å². The summed E-state index contributed by atoms with van der Waals surface area (Å²) in [7, 11) is 0. The molecule has 0 aromatic carbocycles. The fourth-order valence-corrected chi connectivity index (χ4v) is 9.74. The Labute approximate surface area is 193 Å². The lowest BCUT2D eigenvalue weighted by Crippen LogP contribution is -2.55. The van der Waals surface area contributed by atoms with Crippen LogP contribution in [-0.2, 0) is 0 Å². The second-order valence-corrected chi connectivity index (χ2v) is 13.3. The molecule has 0 aliphatic heterocycles. The second kappa shape index (κ2) is 9.65. The van der Waals surface area contributed by atoms with Crippen LogP contribution in [0, 0.1) is 52.3 Å². The molecule has 0 spiro atoms. The quantitative estimate of drug-likeness (QED) is 0.431. The lowest BCUT2D eigenvalue weighted by Gasteiger charge is -2.61. The molecule has 0 aromatic rings. The monoisotopic (exact) mass is 431 g/mol. The molecule has 0 saturated heterocycles. The van der Waals surface area contributed by atoms with Crippen molar-refractivity contribution < 1.29 is 5.11 Å². The normalized spacial score (nSPS) is 45.8. The zero-order chi connectivity index (χ0) is 22.2. The van der Waals surface area contributed by atoms with Crippen LogP contribution in [0.5, 0.6) is 0 Å². The van der Waals surface area contributed by atoms with Gasteiger partial charge in [0.25, 0.3) is 0 Å². The van der Waals surface area contributed by atoms with Crippen LogP contribution >= 0.6 is 0 Å². The van der Waals surface area contributed by atoms with E-state index in [9.17, 15) is 5.11 Å². The molecule has 0 bridgehead atoms. The minimum Gasteiger partial charge on any atom is -0.395 e. The lowest BCUT2D eigenvalue weighted by atomic mass is 9.44. The van der Waals surface area contributed by atoms with E-state index in [0.29, 0.717) is 16.9 Å². The number of aliphatic hydroxyl groups excluding tert-OH is 1. The predicted molar refractivity (Wildman–Crippen MR) is 132 cm³/mol. The Morgan fingerprint density at radius 3 is 2.35 bits per heavy atom. The summed E-state index contributed by atoms with van der Waals surface area (Å²) in [6.07, 6.45) is 17.4. The van der Waals surface area contributed by atoms with Crippen LogP contribution in [0.2, 0.25) is 0 Å². The molecule has 4 rings (SSSR count). The van der Waals surface area contributed by atoms with Crippen molar-refractivity contribution in [2.75, 3.05) is 13.2 Å². The maximum absolute atomic E-state index is 9.22. The van der Waals surface area contributed by atoms with Crippen LogP contribution in [0.1, 0.15) is 112 Å². The molecule has 9 atom stereocenters. The van der Waals surface area contributed by atoms with Gasteiger partial charge in [0.1, 0.15) is 0 Å². The Morgan fingerprint density at radius 1 is 0.871 bits per heavy atom. The summed E-state index contributed by atoms with van der Waals surface area (Å²) in [5.41, 5.74) is 1.21. The maximum atomic E-state index is 9.22. The first-order valence-corrected chi connectivity index (χ1v) is 14.1. The van der Waals surface area contributed by atoms with E-state index in [0.717, 1.165) is 48.0 Å². The van der Waals surface area contributed by atoms with Crippen LogP contribution in [0.3, 0.4) is 0 Å². The Balaban J connectivity index is 1.41. The van der Waals surface area contributed by atoms with Crippen molar-refractivity contribution >= 4 is 0 Å². The molecule has 0 unspecified atom stereocenters. The van der Waals surface area contributed by atoms with Crippen molar-refractivity contribution in [3.05, 3.63) is 0 Å². The van der Waals surface area contributed by atoms with E-state index in [1.54, 1.807) is 0 Å². The molecule has 4 aliphatic carbocycles. The van der Waals surface area contributed by atoms with Crippen LogP contribution in [0.25, 0.3) is 0 Å². The molecular weight excluding hydrogens is 378 g/mol.